The Hall–Kier alpha value is -3.75. The molecule has 8 heteroatoms. The number of fused-ring (bicyclic) bond motifs is 2. The first-order chi connectivity index (χ1) is 18.2. The molecule has 8 nitrogen and oxygen atoms in total. The maximum absolute atomic E-state index is 4.71. The van der Waals surface area contributed by atoms with E-state index in [0.29, 0.717) is 0 Å². The molecule has 6 heterocycles. The quantitative estimate of drug-likeness (QED) is 0.376. The fourth-order valence-electron chi connectivity index (χ4n) is 5.79. The minimum Gasteiger partial charge on any atom is -0.368 e. The number of likely N-dealkylation sites (tertiary alicyclic amines) is 1. The number of nitrogens with one attached hydrogen (secondary N) is 2. The lowest BCUT2D eigenvalue weighted by Gasteiger charge is -2.34. The van der Waals surface area contributed by atoms with E-state index < -0.39 is 0 Å². The number of piperazine rings is 1. The van der Waals surface area contributed by atoms with Crippen LogP contribution in [-0.4, -0.2) is 81.3 Å². The van der Waals surface area contributed by atoms with Crippen molar-refractivity contribution in [3.05, 3.63) is 60.6 Å². The van der Waals surface area contributed by atoms with Gasteiger partial charge in [0.15, 0.2) is 0 Å². The molecule has 4 aromatic heterocycles. The molecule has 0 aliphatic carbocycles. The van der Waals surface area contributed by atoms with Crippen molar-refractivity contribution in [3.8, 4) is 22.5 Å². The zero-order chi connectivity index (χ0) is 24.8. The molecule has 0 atom stereocenters. The van der Waals surface area contributed by atoms with E-state index in [0.717, 1.165) is 77.2 Å². The number of pyridine rings is 2. The topological polar surface area (TPSA) is 80.0 Å². The third kappa shape index (κ3) is 4.26. The summed E-state index contributed by atoms with van der Waals surface area (Å²) in [6.07, 6.45) is 8.46. The van der Waals surface area contributed by atoms with Crippen LogP contribution in [0.2, 0.25) is 0 Å². The molecule has 0 unspecified atom stereocenters. The summed E-state index contributed by atoms with van der Waals surface area (Å²) >= 11 is 0. The van der Waals surface area contributed by atoms with Crippen LogP contribution in [0.25, 0.3) is 44.5 Å². The first-order valence-corrected chi connectivity index (χ1v) is 13.3. The summed E-state index contributed by atoms with van der Waals surface area (Å²) in [4.78, 5) is 20.1. The summed E-state index contributed by atoms with van der Waals surface area (Å²) < 4.78 is 0. The predicted octanol–water partition coefficient (Wildman–Crippen LogP) is 4.52. The van der Waals surface area contributed by atoms with Crippen molar-refractivity contribution in [2.45, 2.75) is 19.4 Å². The van der Waals surface area contributed by atoms with Crippen molar-refractivity contribution in [2.24, 2.45) is 0 Å². The van der Waals surface area contributed by atoms with Crippen molar-refractivity contribution >= 4 is 27.6 Å². The van der Waals surface area contributed by atoms with E-state index in [2.05, 4.69) is 78.2 Å². The van der Waals surface area contributed by atoms with Crippen LogP contribution in [0.3, 0.4) is 0 Å². The summed E-state index contributed by atoms with van der Waals surface area (Å²) in [6, 6.07) is 13.1. The number of hydrogen-bond donors (Lipinski definition) is 2. The van der Waals surface area contributed by atoms with E-state index in [4.69, 9.17) is 5.10 Å². The number of nitrogens with zero attached hydrogens (tertiary/aromatic N) is 6. The van der Waals surface area contributed by atoms with E-state index >= 15 is 0 Å². The van der Waals surface area contributed by atoms with Gasteiger partial charge in [0, 0.05) is 73.3 Å². The summed E-state index contributed by atoms with van der Waals surface area (Å²) in [7, 11) is 2.19. The Morgan fingerprint density at radius 2 is 1.73 bits per heavy atom. The molecule has 7 rings (SSSR count). The average molecular weight is 493 g/mol. The second kappa shape index (κ2) is 9.28. The summed E-state index contributed by atoms with van der Waals surface area (Å²) in [5.74, 6) is 0. The number of H-pyrrole nitrogens is 2. The lowest BCUT2D eigenvalue weighted by atomic mass is 10.0. The summed E-state index contributed by atoms with van der Waals surface area (Å²) in [5.41, 5.74) is 8.61. The second-order valence-corrected chi connectivity index (χ2v) is 10.5. The van der Waals surface area contributed by atoms with Gasteiger partial charge < -0.3 is 14.8 Å². The molecule has 2 N–H and O–H groups in total. The number of aromatic amines is 2. The van der Waals surface area contributed by atoms with Gasteiger partial charge in [-0.3, -0.25) is 15.0 Å². The van der Waals surface area contributed by atoms with Crippen LogP contribution in [-0.2, 0) is 6.54 Å². The monoisotopic (exact) mass is 492 g/mol. The van der Waals surface area contributed by atoms with Crippen LogP contribution in [0.1, 0.15) is 18.4 Å². The molecule has 0 amide bonds. The zero-order valence-electron chi connectivity index (χ0n) is 21.2. The van der Waals surface area contributed by atoms with Crippen molar-refractivity contribution in [2.75, 3.05) is 51.2 Å². The van der Waals surface area contributed by atoms with Gasteiger partial charge in [0.05, 0.1) is 11.2 Å². The van der Waals surface area contributed by atoms with Gasteiger partial charge in [-0.05, 0) is 74.4 Å². The van der Waals surface area contributed by atoms with Crippen LogP contribution in [0.15, 0.2) is 55.0 Å². The molecule has 0 radical (unpaired) electrons. The summed E-state index contributed by atoms with van der Waals surface area (Å²) in [5, 5.41) is 10.2. The van der Waals surface area contributed by atoms with Gasteiger partial charge in [-0.15, -0.1) is 0 Å². The third-order valence-corrected chi connectivity index (χ3v) is 7.90. The Bertz CT molecular complexity index is 1550. The Morgan fingerprint density at radius 1 is 0.865 bits per heavy atom. The second-order valence-electron chi connectivity index (χ2n) is 10.5. The number of rotatable bonds is 5. The Labute approximate surface area is 216 Å². The van der Waals surface area contributed by atoms with Crippen LogP contribution < -0.4 is 4.90 Å². The van der Waals surface area contributed by atoms with Gasteiger partial charge in [-0.25, -0.2) is 4.98 Å². The number of aromatic nitrogens is 5. The van der Waals surface area contributed by atoms with E-state index in [9.17, 15) is 0 Å². The van der Waals surface area contributed by atoms with Crippen molar-refractivity contribution in [1.82, 2.24) is 34.9 Å². The van der Waals surface area contributed by atoms with Crippen molar-refractivity contribution < 1.29 is 0 Å². The number of anilines is 1. The molecule has 0 saturated carbocycles. The van der Waals surface area contributed by atoms with Gasteiger partial charge in [-0.1, -0.05) is 6.07 Å². The molecular weight excluding hydrogens is 460 g/mol. The molecular formula is C29H32N8. The molecule has 2 fully saturated rings. The maximum Gasteiger partial charge on any atom is 0.139 e. The molecule has 0 bridgehead atoms. The molecule has 2 saturated heterocycles. The molecule has 37 heavy (non-hydrogen) atoms. The van der Waals surface area contributed by atoms with E-state index in [1.165, 1.54) is 37.2 Å². The minimum absolute atomic E-state index is 0.901. The molecule has 5 aromatic rings. The van der Waals surface area contributed by atoms with Crippen LogP contribution >= 0.6 is 0 Å². The Morgan fingerprint density at radius 3 is 2.59 bits per heavy atom. The first-order valence-electron chi connectivity index (χ1n) is 13.3. The smallest absolute Gasteiger partial charge is 0.139 e. The van der Waals surface area contributed by atoms with Gasteiger partial charge in [0.1, 0.15) is 11.3 Å². The SMILES string of the molecule is CN1CCN(c2ccnc3[nH]c(-c4n[nH]c5ccc(-c6cncc(CN7CCCC7)c6)cc45)cc23)CC1. The molecule has 0 spiro atoms. The molecule has 1 aromatic carbocycles. The van der Waals surface area contributed by atoms with Crippen LogP contribution in [0.5, 0.6) is 0 Å². The lowest BCUT2D eigenvalue weighted by Crippen LogP contribution is -2.44. The maximum atomic E-state index is 4.71. The van der Waals surface area contributed by atoms with Crippen molar-refractivity contribution in [1.29, 1.82) is 0 Å². The van der Waals surface area contributed by atoms with Gasteiger partial charge in [0.25, 0.3) is 0 Å². The number of likely N-dealkylation sites (N-methyl/N-ethyl adjacent to an activating group) is 1. The highest BCUT2D eigenvalue weighted by atomic mass is 15.2. The van der Waals surface area contributed by atoms with Gasteiger partial charge in [0.2, 0.25) is 0 Å². The van der Waals surface area contributed by atoms with Crippen LogP contribution in [0.4, 0.5) is 5.69 Å². The fraction of sp³-hybridized carbons (Fsp3) is 0.345. The molecule has 2 aliphatic heterocycles. The first kappa shape index (κ1) is 22.4. The van der Waals surface area contributed by atoms with Gasteiger partial charge >= 0.3 is 0 Å². The minimum atomic E-state index is 0.901. The fourth-order valence-corrected chi connectivity index (χ4v) is 5.79. The third-order valence-electron chi connectivity index (χ3n) is 7.90. The largest absolute Gasteiger partial charge is 0.368 e. The predicted molar refractivity (Wildman–Crippen MR) is 149 cm³/mol. The van der Waals surface area contributed by atoms with Gasteiger partial charge in [-0.2, -0.15) is 5.10 Å². The zero-order valence-corrected chi connectivity index (χ0v) is 21.2. The highest BCUT2D eigenvalue weighted by Gasteiger charge is 2.19. The average Bonchev–Trinajstić information content (AvgIpc) is 3.68. The Balaban J connectivity index is 1.24. The van der Waals surface area contributed by atoms with E-state index in [1.807, 2.05) is 18.6 Å². The lowest BCUT2D eigenvalue weighted by molar-refractivity contribution is 0.313. The Kier molecular flexibility index (Phi) is 5.63. The highest BCUT2D eigenvalue weighted by Crippen LogP contribution is 2.34. The summed E-state index contributed by atoms with van der Waals surface area (Å²) in [6.45, 7) is 7.53. The number of benzene rings is 1. The van der Waals surface area contributed by atoms with E-state index in [-0.39, 0.29) is 0 Å². The van der Waals surface area contributed by atoms with Crippen LogP contribution in [0, 0.1) is 0 Å². The normalized spacial score (nSPS) is 17.4. The highest BCUT2D eigenvalue weighted by molar-refractivity contribution is 5.99. The van der Waals surface area contributed by atoms with E-state index in [1.54, 1.807) is 0 Å². The standard InChI is InChI=1S/C29H32N8/c1-35-10-12-37(13-11-35)27-6-7-31-29-24(27)16-26(32-29)28-23-15-21(4-5-25(23)33-34-28)22-14-20(17-30-18-22)19-36-8-2-3-9-36/h4-7,14-18H,2-3,8-13,19H2,1H3,(H,31,32)(H,33,34). The molecule has 2 aliphatic rings. The number of hydrogen-bond acceptors (Lipinski definition) is 6. The molecule has 188 valence electrons. The van der Waals surface area contributed by atoms with Crippen molar-refractivity contribution in [3.63, 3.8) is 0 Å².